The molecule has 0 aliphatic carbocycles. The van der Waals surface area contributed by atoms with Crippen molar-refractivity contribution in [1.29, 1.82) is 0 Å². The van der Waals surface area contributed by atoms with Crippen molar-refractivity contribution >= 4 is 0 Å². The second-order valence-corrected chi connectivity index (χ2v) is 14.5. The Hall–Kier alpha value is -3.21. The van der Waals surface area contributed by atoms with E-state index in [0.717, 1.165) is 55.9 Å². The van der Waals surface area contributed by atoms with Crippen molar-refractivity contribution in [3.63, 3.8) is 0 Å². The average Bonchev–Trinajstić information content (AvgIpc) is 3.56. The molecule has 0 spiro atoms. The molecule has 0 amide bonds. The third-order valence-electron chi connectivity index (χ3n) is 9.60. The van der Waals surface area contributed by atoms with E-state index in [0.29, 0.717) is 19.8 Å². The largest absolute Gasteiger partial charge is 0.490 e. The normalized spacial score (nSPS) is 11.5. The fourth-order valence-electron chi connectivity index (χ4n) is 6.54. The molecule has 0 radical (unpaired) electrons. The molecule has 1 aromatic heterocycles. The van der Waals surface area contributed by atoms with Gasteiger partial charge < -0.3 is 14.2 Å². The van der Waals surface area contributed by atoms with Gasteiger partial charge in [0.15, 0.2) is 11.5 Å². The fourth-order valence-corrected chi connectivity index (χ4v) is 6.54. The Morgan fingerprint density at radius 1 is 0.577 bits per heavy atom. The van der Waals surface area contributed by atoms with E-state index in [1.54, 1.807) is 0 Å². The van der Waals surface area contributed by atoms with Crippen LogP contribution in [-0.4, -0.2) is 24.4 Å². The molecule has 2 aromatic rings. The van der Waals surface area contributed by atoms with Gasteiger partial charge in [0.2, 0.25) is 12.1 Å². The molecule has 0 saturated carbocycles. The van der Waals surface area contributed by atoms with E-state index in [9.17, 15) is 0 Å². The third kappa shape index (κ3) is 23.4. The molecule has 0 N–H and O–H groups in total. The lowest BCUT2D eigenvalue weighted by Gasteiger charge is -2.19. The van der Waals surface area contributed by atoms with Gasteiger partial charge in [-0.25, -0.2) is 9.13 Å². The summed E-state index contributed by atoms with van der Waals surface area (Å²) in [6.07, 6.45) is 48.6. The van der Waals surface area contributed by atoms with Crippen molar-refractivity contribution in [2.75, 3.05) is 19.8 Å². The van der Waals surface area contributed by atoms with E-state index < -0.39 is 0 Å². The quantitative estimate of drug-likeness (QED) is 0.0400. The van der Waals surface area contributed by atoms with Crippen LogP contribution in [0.4, 0.5) is 0 Å². The topological polar surface area (TPSA) is 36.5 Å². The zero-order valence-electron chi connectivity index (χ0n) is 33.7. The van der Waals surface area contributed by atoms with Crippen LogP contribution in [0.2, 0.25) is 0 Å². The van der Waals surface area contributed by atoms with E-state index in [1.807, 2.05) is 24.3 Å². The first-order valence-corrected chi connectivity index (χ1v) is 21.3. The SMILES string of the molecule is C=C/C=C/CCCCCCCCOc1cc(Cn2cc[n+](C)c2)cc(OCCCCCCCC/C=C/C=C)c1OCCCCCCCCCCCC. The number of allylic oxidation sites excluding steroid dienone is 6. The summed E-state index contributed by atoms with van der Waals surface area (Å²) in [4.78, 5) is 0. The third-order valence-corrected chi connectivity index (χ3v) is 9.60. The number of benzene rings is 1. The maximum Gasteiger partial charge on any atom is 0.243 e. The van der Waals surface area contributed by atoms with Gasteiger partial charge in [0.05, 0.1) is 26.9 Å². The van der Waals surface area contributed by atoms with E-state index >= 15 is 0 Å². The van der Waals surface area contributed by atoms with Crippen LogP contribution in [0.15, 0.2) is 80.5 Å². The number of hydrogen-bond acceptors (Lipinski definition) is 3. The number of nitrogens with zero attached hydrogens (tertiary/aromatic N) is 2. The van der Waals surface area contributed by atoms with E-state index in [-0.39, 0.29) is 0 Å². The zero-order valence-corrected chi connectivity index (χ0v) is 33.7. The number of unbranched alkanes of at least 4 members (excludes halogenated alkanes) is 21. The Bertz CT molecular complexity index is 1160. The average molecular weight is 718 g/mol. The molecule has 52 heavy (non-hydrogen) atoms. The highest BCUT2D eigenvalue weighted by Crippen LogP contribution is 2.40. The molecular formula is C47H77N2O3+. The van der Waals surface area contributed by atoms with Crippen LogP contribution in [0.5, 0.6) is 17.2 Å². The second kappa shape index (κ2) is 32.4. The summed E-state index contributed by atoms with van der Waals surface area (Å²) in [5, 5.41) is 0. The molecule has 1 heterocycles. The van der Waals surface area contributed by atoms with Crippen LogP contribution in [0.25, 0.3) is 0 Å². The zero-order chi connectivity index (χ0) is 37.2. The van der Waals surface area contributed by atoms with Gasteiger partial charge in [0, 0.05) is 5.56 Å². The minimum atomic E-state index is 0.694. The summed E-state index contributed by atoms with van der Waals surface area (Å²) < 4.78 is 23.9. The lowest BCUT2D eigenvalue weighted by Crippen LogP contribution is -2.23. The number of hydrogen-bond donors (Lipinski definition) is 0. The molecule has 2 rings (SSSR count). The number of imidazole rings is 1. The lowest BCUT2D eigenvalue weighted by atomic mass is 10.1. The van der Waals surface area contributed by atoms with Crippen molar-refractivity contribution in [3.8, 4) is 17.2 Å². The van der Waals surface area contributed by atoms with Gasteiger partial charge in [-0.3, -0.25) is 0 Å². The Morgan fingerprint density at radius 2 is 1.00 bits per heavy atom. The molecule has 0 bridgehead atoms. The van der Waals surface area contributed by atoms with Gasteiger partial charge in [-0.15, -0.1) is 0 Å². The lowest BCUT2D eigenvalue weighted by molar-refractivity contribution is -0.671. The van der Waals surface area contributed by atoms with E-state index in [4.69, 9.17) is 14.2 Å². The molecular weight excluding hydrogens is 641 g/mol. The summed E-state index contributed by atoms with van der Waals surface area (Å²) in [5.74, 6) is 2.45. The van der Waals surface area contributed by atoms with Crippen LogP contribution in [0.1, 0.15) is 167 Å². The van der Waals surface area contributed by atoms with Gasteiger partial charge in [-0.2, -0.15) is 0 Å². The Balaban J connectivity index is 1.98. The minimum absolute atomic E-state index is 0.694. The van der Waals surface area contributed by atoms with Crippen LogP contribution in [-0.2, 0) is 13.6 Å². The van der Waals surface area contributed by atoms with E-state index in [1.165, 1.54) is 128 Å². The fraction of sp³-hybridized carbons (Fsp3) is 0.638. The first-order chi connectivity index (χ1) is 25.7. The molecule has 292 valence electrons. The molecule has 5 nitrogen and oxygen atoms in total. The molecule has 0 atom stereocenters. The van der Waals surface area contributed by atoms with Gasteiger partial charge in [0.25, 0.3) is 0 Å². The van der Waals surface area contributed by atoms with Gasteiger partial charge in [0.1, 0.15) is 18.9 Å². The number of aromatic nitrogens is 2. The standard InChI is InChI=1S/C47H77N2O3/c1-5-8-11-14-17-20-23-26-29-32-37-50-45-40-44(42-49-36-35-48(4)43-49)41-46(51-38-33-30-27-24-21-18-15-12-9-6-2)47(45)52-39-34-31-28-25-22-19-16-13-10-7-3/h5-6,8-9,11-12,35-36,40-41,43H,1-2,7,10,13-34,37-39,42H2,3-4H3/q+1/b11-8+,12-9+. The van der Waals surface area contributed by atoms with Gasteiger partial charge >= 0.3 is 0 Å². The molecule has 1 aromatic carbocycles. The monoisotopic (exact) mass is 718 g/mol. The predicted octanol–water partition coefficient (Wildman–Crippen LogP) is 13.4. The summed E-state index contributed by atoms with van der Waals surface area (Å²) >= 11 is 0. The predicted molar refractivity (Wildman–Crippen MR) is 223 cm³/mol. The first-order valence-electron chi connectivity index (χ1n) is 21.3. The summed E-state index contributed by atoms with van der Waals surface area (Å²) in [7, 11) is 2.06. The van der Waals surface area contributed by atoms with Crippen LogP contribution >= 0.6 is 0 Å². The van der Waals surface area contributed by atoms with Crippen LogP contribution in [0, 0.1) is 0 Å². The minimum Gasteiger partial charge on any atom is -0.490 e. The highest BCUT2D eigenvalue weighted by Gasteiger charge is 2.17. The first kappa shape index (κ1) is 44.9. The Kier molecular flexibility index (Phi) is 28.0. The molecule has 0 fully saturated rings. The maximum absolute atomic E-state index is 6.57. The van der Waals surface area contributed by atoms with Gasteiger partial charge in [-0.1, -0.05) is 166 Å². The van der Waals surface area contributed by atoms with E-state index in [2.05, 4.69) is 79.3 Å². The van der Waals surface area contributed by atoms with Crippen molar-refractivity contribution < 1.29 is 18.8 Å². The summed E-state index contributed by atoms with van der Waals surface area (Å²) in [5.41, 5.74) is 1.17. The summed E-state index contributed by atoms with van der Waals surface area (Å²) in [6, 6.07) is 4.36. The number of rotatable bonds is 36. The second-order valence-electron chi connectivity index (χ2n) is 14.5. The van der Waals surface area contributed by atoms with Crippen molar-refractivity contribution in [3.05, 3.63) is 86.0 Å². The van der Waals surface area contributed by atoms with Crippen LogP contribution in [0.3, 0.4) is 0 Å². The number of aryl methyl sites for hydroxylation is 1. The Morgan fingerprint density at radius 3 is 1.42 bits per heavy atom. The number of ether oxygens (including phenoxy) is 3. The highest BCUT2D eigenvalue weighted by atomic mass is 16.5. The molecule has 0 unspecified atom stereocenters. The van der Waals surface area contributed by atoms with Crippen LogP contribution < -0.4 is 18.8 Å². The smallest absolute Gasteiger partial charge is 0.243 e. The molecule has 0 saturated heterocycles. The van der Waals surface area contributed by atoms with Crippen molar-refractivity contribution in [1.82, 2.24) is 4.57 Å². The molecule has 0 aliphatic rings. The molecule has 5 heteroatoms. The molecule has 0 aliphatic heterocycles. The summed E-state index contributed by atoms with van der Waals surface area (Å²) in [6.45, 7) is 12.6. The van der Waals surface area contributed by atoms with Crippen molar-refractivity contribution in [2.24, 2.45) is 7.05 Å². The van der Waals surface area contributed by atoms with Crippen molar-refractivity contribution in [2.45, 2.75) is 168 Å². The van der Waals surface area contributed by atoms with Gasteiger partial charge in [-0.05, 0) is 57.1 Å². The highest BCUT2D eigenvalue weighted by molar-refractivity contribution is 5.54. The maximum atomic E-state index is 6.57. The Labute approximate surface area is 320 Å².